The molecule has 0 saturated carbocycles. The molecule has 0 spiro atoms. The number of nitrogens with two attached hydrogens (primary N) is 1. The summed E-state index contributed by atoms with van der Waals surface area (Å²) < 4.78 is 0. The van der Waals surface area contributed by atoms with E-state index in [2.05, 4.69) is 9.97 Å². The van der Waals surface area contributed by atoms with Crippen LogP contribution < -0.4 is 11.3 Å². The van der Waals surface area contributed by atoms with E-state index in [1.807, 2.05) is 31.2 Å². The first-order valence-corrected chi connectivity index (χ1v) is 5.05. The molecule has 1 heterocycles. The summed E-state index contributed by atoms with van der Waals surface area (Å²) in [4.78, 5) is 18.0. The first kappa shape index (κ1) is 10.4. The fourth-order valence-corrected chi connectivity index (χ4v) is 1.60. The summed E-state index contributed by atoms with van der Waals surface area (Å²) in [5.74, 6) is 0.853. The molecule has 0 unspecified atom stereocenters. The summed E-state index contributed by atoms with van der Waals surface area (Å²) in [6.07, 6.45) is 0.590. The Balaban J connectivity index is 2.34. The van der Waals surface area contributed by atoms with Crippen LogP contribution in [-0.2, 0) is 6.42 Å². The molecule has 0 atom stereocenters. The molecule has 4 nitrogen and oxygen atoms in total. The third-order valence-corrected chi connectivity index (χ3v) is 2.43. The zero-order valence-electron chi connectivity index (χ0n) is 9.03. The molecule has 0 amide bonds. The van der Waals surface area contributed by atoms with Crippen LogP contribution in [0, 0.1) is 6.92 Å². The first-order chi connectivity index (χ1) is 7.65. The molecule has 2 rings (SSSR count). The third kappa shape index (κ3) is 2.28. The highest BCUT2D eigenvalue weighted by Gasteiger charge is 2.02. The van der Waals surface area contributed by atoms with Crippen LogP contribution in [0.2, 0.25) is 0 Å². The molecule has 1 aromatic heterocycles. The summed E-state index contributed by atoms with van der Waals surface area (Å²) in [5, 5.41) is 0. The van der Waals surface area contributed by atoms with Gasteiger partial charge in [0.15, 0.2) is 0 Å². The number of rotatable bonds is 2. The predicted molar refractivity (Wildman–Crippen MR) is 63.3 cm³/mol. The maximum absolute atomic E-state index is 11.2. The Kier molecular flexibility index (Phi) is 2.72. The van der Waals surface area contributed by atoms with E-state index in [1.165, 1.54) is 11.6 Å². The van der Waals surface area contributed by atoms with Crippen molar-refractivity contribution in [3.8, 4) is 0 Å². The van der Waals surface area contributed by atoms with Crippen LogP contribution in [0.1, 0.15) is 17.0 Å². The molecule has 16 heavy (non-hydrogen) atoms. The zero-order chi connectivity index (χ0) is 11.5. The topological polar surface area (TPSA) is 71.8 Å². The molecule has 0 radical (unpaired) electrons. The van der Waals surface area contributed by atoms with Gasteiger partial charge in [0.05, 0.1) is 0 Å². The van der Waals surface area contributed by atoms with Gasteiger partial charge < -0.3 is 10.7 Å². The average molecular weight is 215 g/mol. The standard InChI is InChI=1S/C12H13N3O/c1-8-4-2-3-5-9(8)6-11-14-10(13)7-12(16)15-11/h2-5,7H,6H2,1H3,(H3,13,14,15,16). The fraction of sp³-hybridized carbons (Fsp3) is 0.167. The van der Waals surface area contributed by atoms with Crippen molar-refractivity contribution in [2.75, 3.05) is 5.73 Å². The minimum atomic E-state index is -0.212. The maximum atomic E-state index is 11.2. The molecule has 0 saturated heterocycles. The molecule has 2 aromatic rings. The number of nitrogens with one attached hydrogen (secondary N) is 1. The van der Waals surface area contributed by atoms with Gasteiger partial charge in [0, 0.05) is 12.5 Å². The highest BCUT2D eigenvalue weighted by Crippen LogP contribution is 2.10. The number of nitrogens with zero attached hydrogens (tertiary/aromatic N) is 1. The highest BCUT2D eigenvalue weighted by molar-refractivity contribution is 5.30. The fourth-order valence-electron chi connectivity index (χ4n) is 1.60. The van der Waals surface area contributed by atoms with Crippen LogP contribution in [0.5, 0.6) is 0 Å². The number of nitrogen functional groups attached to an aromatic ring is 1. The monoisotopic (exact) mass is 215 g/mol. The van der Waals surface area contributed by atoms with E-state index in [1.54, 1.807) is 0 Å². The molecule has 0 fully saturated rings. The van der Waals surface area contributed by atoms with Crippen molar-refractivity contribution in [3.63, 3.8) is 0 Å². The highest BCUT2D eigenvalue weighted by atomic mass is 16.1. The van der Waals surface area contributed by atoms with Crippen molar-refractivity contribution >= 4 is 5.82 Å². The second kappa shape index (κ2) is 4.18. The van der Waals surface area contributed by atoms with Gasteiger partial charge in [0.25, 0.3) is 5.56 Å². The molecule has 0 aliphatic rings. The van der Waals surface area contributed by atoms with E-state index in [0.29, 0.717) is 12.2 Å². The number of hydrogen-bond donors (Lipinski definition) is 2. The average Bonchev–Trinajstić information content (AvgIpc) is 2.20. The lowest BCUT2D eigenvalue weighted by molar-refractivity contribution is 0.946. The number of benzene rings is 1. The minimum absolute atomic E-state index is 0.212. The summed E-state index contributed by atoms with van der Waals surface area (Å²) >= 11 is 0. The number of H-pyrrole nitrogens is 1. The Morgan fingerprint density at radius 1 is 1.38 bits per heavy atom. The third-order valence-electron chi connectivity index (χ3n) is 2.43. The van der Waals surface area contributed by atoms with Gasteiger partial charge in [-0.05, 0) is 18.1 Å². The van der Waals surface area contributed by atoms with Gasteiger partial charge in [-0.25, -0.2) is 4.98 Å². The Morgan fingerprint density at radius 2 is 2.12 bits per heavy atom. The Morgan fingerprint density at radius 3 is 2.81 bits per heavy atom. The van der Waals surface area contributed by atoms with E-state index in [-0.39, 0.29) is 11.4 Å². The molecule has 0 bridgehead atoms. The lowest BCUT2D eigenvalue weighted by atomic mass is 10.1. The van der Waals surface area contributed by atoms with Crippen molar-refractivity contribution in [1.82, 2.24) is 9.97 Å². The first-order valence-electron chi connectivity index (χ1n) is 5.05. The van der Waals surface area contributed by atoms with Crippen molar-refractivity contribution in [2.24, 2.45) is 0 Å². The van der Waals surface area contributed by atoms with Crippen molar-refractivity contribution in [3.05, 3.63) is 57.6 Å². The van der Waals surface area contributed by atoms with Crippen LogP contribution in [-0.4, -0.2) is 9.97 Å². The normalized spacial score (nSPS) is 10.3. The van der Waals surface area contributed by atoms with Crippen molar-refractivity contribution in [2.45, 2.75) is 13.3 Å². The molecular weight excluding hydrogens is 202 g/mol. The molecule has 0 aliphatic heterocycles. The molecule has 4 heteroatoms. The maximum Gasteiger partial charge on any atom is 0.252 e. The van der Waals surface area contributed by atoms with Crippen LogP contribution in [0.15, 0.2) is 35.1 Å². The van der Waals surface area contributed by atoms with Crippen LogP contribution >= 0.6 is 0 Å². The number of aromatic nitrogens is 2. The largest absolute Gasteiger partial charge is 0.383 e. The minimum Gasteiger partial charge on any atom is -0.383 e. The summed E-state index contributed by atoms with van der Waals surface area (Å²) in [6, 6.07) is 9.26. The van der Waals surface area contributed by atoms with Gasteiger partial charge >= 0.3 is 0 Å². The lowest BCUT2D eigenvalue weighted by Gasteiger charge is -2.05. The number of hydrogen-bond acceptors (Lipinski definition) is 3. The molecule has 0 aliphatic carbocycles. The number of anilines is 1. The molecule has 3 N–H and O–H groups in total. The Bertz CT molecular complexity index is 560. The second-order valence-electron chi connectivity index (χ2n) is 3.72. The van der Waals surface area contributed by atoms with Gasteiger partial charge in [-0.2, -0.15) is 0 Å². The summed E-state index contributed by atoms with van der Waals surface area (Å²) in [6.45, 7) is 2.03. The molecular formula is C12H13N3O. The Labute approximate surface area is 93.2 Å². The Hall–Kier alpha value is -2.10. The van der Waals surface area contributed by atoms with E-state index < -0.39 is 0 Å². The summed E-state index contributed by atoms with van der Waals surface area (Å²) in [5.41, 5.74) is 7.62. The van der Waals surface area contributed by atoms with E-state index in [0.717, 1.165) is 5.56 Å². The van der Waals surface area contributed by atoms with Crippen molar-refractivity contribution < 1.29 is 0 Å². The molecule has 1 aromatic carbocycles. The lowest BCUT2D eigenvalue weighted by Crippen LogP contribution is -2.12. The summed E-state index contributed by atoms with van der Waals surface area (Å²) in [7, 11) is 0. The number of aryl methyl sites for hydroxylation is 1. The van der Waals surface area contributed by atoms with Crippen LogP contribution in [0.25, 0.3) is 0 Å². The van der Waals surface area contributed by atoms with Gasteiger partial charge in [-0.15, -0.1) is 0 Å². The molecule has 82 valence electrons. The van der Waals surface area contributed by atoms with Crippen LogP contribution in [0.3, 0.4) is 0 Å². The SMILES string of the molecule is Cc1ccccc1Cc1nc(N)cc(=O)[nH]1. The zero-order valence-corrected chi connectivity index (χ0v) is 9.03. The van der Waals surface area contributed by atoms with Gasteiger partial charge in [0.2, 0.25) is 0 Å². The smallest absolute Gasteiger partial charge is 0.252 e. The van der Waals surface area contributed by atoms with Gasteiger partial charge in [-0.1, -0.05) is 24.3 Å². The van der Waals surface area contributed by atoms with Crippen LogP contribution in [0.4, 0.5) is 5.82 Å². The van der Waals surface area contributed by atoms with E-state index in [4.69, 9.17) is 5.73 Å². The van der Waals surface area contributed by atoms with Gasteiger partial charge in [0.1, 0.15) is 11.6 Å². The second-order valence-corrected chi connectivity index (χ2v) is 3.72. The quantitative estimate of drug-likeness (QED) is 0.792. The van der Waals surface area contributed by atoms with Crippen molar-refractivity contribution in [1.29, 1.82) is 0 Å². The number of aromatic amines is 1. The van der Waals surface area contributed by atoms with Gasteiger partial charge in [-0.3, -0.25) is 4.79 Å². The van der Waals surface area contributed by atoms with E-state index in [9.17, 15) is 4.79 Å². The predicted octanol–water partition coefficient (Wildman–Crippen LogP) is 1.25. The van der Waals surface area contributed by atoms with E-state index >= 15 is 0 Å².